The molecule has 1 atom stereocenters. The molecule has 160 valence electrons. The fourth-order valence-electron chi connectivity index (χ4n) is 4.14. The van der Waals surface area contributed by atoms with Gasteiger partial charge in [0.15, 0.2) is 0 Å². The Morgan fingerprint density at radius 1 is 0.867 bits per heavy atom. The Balaban J connectivity index is 1.47. The van der Waals surface area contributed by atoms with E-state index in [1.165, 1.54) is 24.3 Å². The number of halogens is 2. The van der Waals surface area contributed by atoms with E-state index in [-0.39, 0.29) is 18.3 Å². The van der Waals surface area contributed by atoms with Gasteiger partial charge >= 0.3 is 0 Å². The first kappa shape index (κ1) is 20.7. The van der Waals surface area contributed by atoms with Gasteiger partial charge in [-0.25, -0.2) is 17.2 Å². The van der Waals surface area contributed by atoms with Gasteiger partial charge in [-0.15, -0.1) is 0 Å². The average molecular weight is 435 g/mol. The van der Waals surface area contributed by atoms with Crippen LogP contribution >= 0.6 is 0 Å². The molecule has 1 amide bonds. The van der Waals surface area contributed by atoms with Gasteiger partial charge in [0.05, 0.1) is 5.69 Å². The summed E-state index contributed by atoms with van der Waals surface area (Å²) in [5.74, 6) is -1.41. The molecule has 9 heteroatoms. The third kappa shape index (κ3) is 3.79. The van der Waals surface area contributed by atoms with E-state index in [0.717, 1.165) is 10.4 Å². The van der Waals surface area contributed by atoms with Crippen LogP contribution in [0.15, 0.2) is 53.4 Å². The lowest BCUT2D eigenvalue weighted by atomic mass is 10.1. The highest BCUT2D eigenvalue weighted by Crippen LogP contribution is 2.29. The lowest BCUT2D eigenvalue weighted by Gasteiger charge is -2.38. The fraction of sp³-hybridized carbons (Fsp3) is 0.381. The van der Waals surface area contributed by atoms with Crippen LogP contribution in [0.3, 0.4) is 0 Å². The second-order valence-corrected chi connectivity index (χ2v) is 9.33. The van der Waals surface area contributed by atoms with Gasteiger partial charge in [0, 0.05) is 32.7 Å². The SMILES string of the molecule is O=C(C1CCCN1S(=O)(=O)c1ccccc1F)N1CCN(c2ccccc2F)CC1. The van der Waals surface area contributed by atoms with Gasteiger partial charge in [-0.05, 0) is 37.1 Å². The van der Waals surface area contributed by atoms with Gasteiger partial charge in [-0.2, -0.15) is 4.31 Å². The average Bonchev–Trinajstić information content (AvgIpc) is 3.25. The van der Waals surface area contributed by atoms with Gasteiger partial charge in [-0.3, -0.25) is 4.79 Å². The van der Waals surface area contributed by atoms with Crippen LogP contribution in [-0.2, 0) is 14.8 Å². The van der Waals surface area contributed by atoms with Gasteiger partial charge in [0.25, 0.3) is 0 Å². The van der Waals surface area contributed by atoms with Crippen LogP contribution in [0.5, 0.6) is 0 Å². The van der Waals surface area contributed by atoms with E-state index in [9.17, 15) is 22.0 Å². The van der Waals surface area contributed by atoms with Crippen molar-refractivity contribution in [1.82, 2.24) is 9.21 Å². The summed E-state index contributed by atoms with van der Waals surface area (Å²) in [5, 5.41) is 0. The summed E-state index contributed by atoms with van der Waals surface area (Å²) in [6, 6.07) is 10.9. The predicted octanol–water partition coefficient (Wildman–Crippen LogP) is 2.47. The Morgan fingerprint density at radius 3 is 2.17 bits per heavy atom. The normalized spacial score (nSPS) is 20.5. The monoisotopic (exact) mass is 435 g/mol. The molecule has 2 aliphatic heterocycles. The molecule has 0 N–H and O–H groups in total. The summed E-state index contributed by atoms with van der Waals surface area (Å²) in [5.41, 5.74) is 0.495. The van der Waals surface area contributed by atoms with Crippen molar-refractivity contribution >= 4 is 21.6 Å². The first-order valence-electron chi connectivity index (χ1n) is 9.94. The molecule has 0 bridgehead atoms. The zero-order valence-corrected chi connectivity index (χ0v) is 17.2. The molecule has 0 aliphatic carbocycles. The number of carbonyl (C=O) groups excluding carboxylic acids is 1. The molecule has 1 unspecified atom stereocenters. The largest absolute Gasteiger partial charge is 0.366 e. The molecule has 2 heterocycles. The fourth-order valence-corrected chi connectivity index (χ4v) is 5.86. The van der Waals surface area contributed by atoms with Crippen molar-refractivity contribution < 1.29 is 22.0 Å². The second-order valence-electron chi connectivity index (χ2n) is 7.47. The molecule has 2 aromatic rings. The standard InChI is InChI=1S/C21H23F2N3O3S/c22-16-6-1-3-8-18(16)24-12-14-25(15-13-24)21(27)19-9-5-11-26(19)30(28,29)20-10-4-2-7-17(20)23/h1-4,6-8,10,19H,5,9,11-15H2. The van der Waals surface area contributed by atoms with Gasteiger partial charge in [0.1, 0.15) is 22.6 Å². The summed E-state index contributed by atoms with van der Waals surface area (Å²) in [7, 11) is -4.11. The highest BCUT2D eigenvalue weighted by Gasteiger charge is 2.42. The van der Waals surface area contributed by atoms with Crippen molar-refractivity contribution in [3.8, 4) is 0 Å². The number of nitrogens with zero attached hydrogens (tertiary/aromatic N) is 3. The van der Waals surface area contributed by atoms with Crippen molar-refractivity contribution in [3.05, 3.63) is 60.2 Å². The van der Waals surface area contributed by atoms with Crippen LogP contribution in [0, 0.1) is 11.6 Å². The molecule has 6 nitrogen and oxygen atoms in total. The van der Waals surface area contributed by atoms with E-state index in [1.807, 2.05) is 4.90 Å². The minimum atomic E-state index is -4.11. The topological polar surface area (TPSA) is 60.9 Å². The van der Waals surface area contributed by atoms with E-state index >= 15 is 0 Å². The zero-order chi connectivity index (χ0) is 21.3. The minimum absolute atomic E-state index is 0.183. The molecular weight excluding hydrogens is 412 g/mol. The van der Waals surface area contributed by atoms with Crippen LogP contribution in [0.2, 0.25) is 0 Å². The number of anilines is 1. The number of rotatable bonds is 4. The van der Waals surface area contributed by atoms with Crippen LogP contribution in [-0.4, -0.2) is 62.3 Å². The number of hydrogen-bond acceptors (Lipinski definition) is 4. The molecule has 0 saturated carbocycles. The Hall–Kier alpha value is -2.52. The van der Waals surface area contributed by atoms with Crippen LogP contribution in [0.25, 0.3) is 0 Å². The number of carbonyl (C=O) groups is 1. The number of piperazine rings is 1. The van der Waals surface area contributed by atoms with E-state index in [4.69, 9.17) is 0 Å². The van der Waals surface area contributed by atoms with E-state index < -0.39 is 26.8 Å². The Bertz CT molecular complexity index is 1040. The number of hydrogen-bond donors (Lipinski definition) is 0. The Morgan fingerprint density at radius 2 is 1.50 bits per heavy atom. The summed E-state index contributed by atoms with van der Waals surface area (Å²) < 4.78 is 55.3. The van der Waals surface area contributed by atoms with Crippen LogP contribution in [0.4, 0.5) is 14.5 Å². The molecule has 0 aromatic heterocycles. The summed E-state index contributed by atoms with van der Waals surface area (Å²) >= 11 is 0. The quantitative estimate of drug-likeness (QED) is 0.740. The van der Waals surface area contributed by atoms with Crippen molar-refractivity contribution in [2.24, 2.45) is 0 Å². The number of amides is 1. The maximum Gasteiger partial charge on any atom is 0.246 e. The van der Waals surface area contributed by atoms with Crippen LogP contribution < -0.4 is 4.90 Å². The first-order chi connectivity index (χ1) is 14.4. The number of benzene rings is 2. The van der Waals surface area contributed by atoms with E-state index in [2.05, 4.69) is 0 Å². The highest BCUT2D eigenvalue weighted by atomic mass is 32.2. The van der Waals surface area contributed by atoms with Gasteiger partial charge in [-0.1, -0.05) is 24.3 Å². The Kier molecular flexibility index (Phi) is 5.75. The molecule has 2 fully saturated rings. The van der Waals surface area contributed by atoms with E-state index in [1.54, 1.807) is 23.1 Å². The highest BCUT2D eigenvalue weighted by molar-refractivity contribution is 7.89. The maximum atomic E-state index is 14.1. The van der Waals surface area contributed by atoms with Crippen molar-refractivity contribution in [2.75, 3.05) is 37.6 Å². The van der Waals surface area contributed by atoms with E-state index in [0.29, 0.717) is 44.7 Å². The lowest BCUT2D eigenvalue weighted by Crippen LogP contribution is -2.54. The zero-order valence-electron chi connectivity index (χ0n) is 16.4. The predicted molar refractivity (Wildman–Crippen MR) is 109 cm³/mol. The third-order valence-corrected chi connectivity index (χ3v) is 7.64. The minimum Gasteiger partial charge on any atom is -0.366 e. The summed E-state index contributed by atoms with van der Waals surface area (Å²) in [6.45, 7) is 1.84. The summed E-state index contributed by atoms with van der Waals surface area (Å²) in [6.07, 6.45) is 0.944. The maximum absolute atomic E-state index is 14.1. The molecule has 30 heavy (non-hydrogen) atoms. The smallest absolute Gasteiger partial charge is 0.246 e. The van der Waals surface area contributed by atoms with Crippen LogP contribution in [0.1, 0.15) is 12.8 Å². The third-order valence-electron chi connectivity index (χ3n) is 5.70. The molecule has 2 aromatic carbocycles. The molecule has 0 spiro atoms. The number of sulfonamides is 1. The molecule has 2 saturated heterocycles. The van der Waals surface area contributed by atoms with Crippen molar-refractivity contribution in [3.63, 3.8) is 0 Å². The van der Waals surface area contributed by atoms with Gasteiger partial charge in [0.2, 0.25) is 15.9 Å². The first-order valence-corrected chi connectivity index (χ1v) is 11.4. The molecule has 4 rings (SSSR count). The Labute approximate surface area is 174 Å². The molecule has 0 radical (unpaired) electrons. The van der Waals surface area contributed by atoms with Gasteiger partial charge < -0.3 is 9.80 Å². The van der Waals surface area contributed by atoms with Crippen molar-refractivity contribution in [2.45, 2.75) is 23.8 Å². The molecule has 2 aliphatic rings. The number of para-hydroxylation sites is 1. The summed E-state index contributed by atoms with van der Waals surface area (Å²) in [4.78, 5) is 16.2. The molecular formula is C21H23F2N3O3S. The van der Waals surface area contributed by atoms with Crippen molar-refractivity contribution in [1.29, 1.82) is 0 Å². The second kappa shape index (κ2) is 8.31. The lowest BCUT2D eigenvalue weighted by molar-refractivity contribution is -0.134.